The fraction of sp³-hybridized carbons (Fsp3) is 0.400. The van der Waals surface area contributed by atoms with E-state index < -0.39 is 0 Å². The molecule has 78 valence electrons. The van der Waals surface area contributed by atoms with Crippen LogP contribution < -0.4 is 10.1 Å². The summed E-state index contributed by atoms with van der Waals surface area (Å²) < 4.78 is 6.29. The summed E-state index contributed by atoms with van der Waals surface area (Å²) in [6.07, 6.45) is 0. The van der Waals surface area contributed by atoms with Gasteiger partial charge in [0.1, 0.15) is 5.75 Å². The summed E-state index contributed by atoms with van der Waals surface area (Å²) in [6.45, 7) is 1.58. The third-order valence-corrected chi connectivity index (χ3v) is 2.51. The molecule has 1 rings (SSSR count). The van der Waals surface area contributed by atoms with Crippen molar-refractivity contribution in [1.82, 2.24) is 5.32 Å². The summed E-state index contributed by atoms with van der Waals surface area (Å²) in [5.74, 6) is 1.52. The zero-order valence-electron chi connectivity index (χ0n) is 8.02. The molecule has 0 saturated carbocycles. The van der Waals surface area contributed by atoms with Crippen molar-refractivity contribution in [3.8, 4) is 5.75 Å². The van der Waals surface area contributed by atoms with Gasteiger partial charge < -0.3 is 10.1 Å². The van der Waals surface area contributed by atoms with Crippen LogP contribution in [0.3, 0.4) is 0 Å². The Labute approximate surface area is 97.7 Å². The van der Waals surface area contributed by atoms with E-state index in [1.54, 1.807) is 7.11 Å². The SMILES string of the molecule is COc1ccc(Br)cc1CNCCCl. The minimum absolute atomic E-state index is 0.621. The first-order chi connectivity index (χ1) is 6.77. The van der Waals surface area contributed by atoms with Crippen molar-refractivity contribution < 1.29 is 4.74 Å². The van der Waals surface area contributed by atoms with Crippen LogP contribution >= 0.6 is 27.5 Å². The molecule has 0 amide bonds. The smallest absolute Gasteiger partial charge is 0.123 e. The van der Waals surface area contributed by atoms with Crippen molar-refractivity contribution in [2.24, 2.45) is 0 Å². The Morgan fingerprint density at radius 1 is 1.50 bits per heavy atom. The van der Waals surface area contributed by atoms with E-state index in [-0.39, 0.29) is 0 Å². The predicted molar refractivity (Wildman–Crippen MR) is 63.1 cm³/mol. The second-order valence-corrected chi connectivity index (χ2v) is 4.12. The van der Waals surface area contributed by atoms with Gasteiger partial charge in [-0.3, -0.25) is 0 Å². The van der Waals surface area contributed by atoms with Gasteiger partial charge in [-0.25, -0.2) is 0 Å². The zero-order chi connectivity index (χ0) is 10.4. The van der Waals surface area contributed by atoms with Crippen LogP contribution in [-0.2, 0) is 6.54 Å². The number of benzene rings is 1. The molecule has 0 aromatic heterocycles. The molecule has 0 bridgehead atoms. The number of hydrogen-bond donors (Lipinski definition) is 1. The highest BCUT2D eigenvalue weighted by Crippen LogP contribution is 2.22. The molecule has 0 unspecified atom stereocenters. The minimum Gasteiger partial charge on any atom is -0.496 e. The van der Waals surface area contributed by atoms with Gasteiger partial charge in [0.05, 0.1) is 7.11 Å². The maximum Gasteiger partial charge on any atom is 0.123 e. The van der Waals surface area contributed by atoms with Gasteiger partial charge in [0.25, 0.3) is 0 Å². The predicted octanol–water partition coefficient (Wildman–Crippen LogP) is 2.79. The second-order valence-electron chi connectivity index (χ2n) is 2.82. The van der Waals surface area contributed by atoms with Crippen LogP contribution in [0.5, 0.6) is 5.75 Å². The van der Waals surface area contributed by atoms with E-state index in [0.717, 1.165) is 28.9 Å². The van der Waals surface area contributed by atoms with Gasteiger partial charge in [-0.1, -0.05) is 15.9 Å². The van der Waals surface area contributed by atoms with Gasteiger partial charge in [-0.05, 0) is 18.2 Å². The zero-order valence-corrected chi connectivity index (χ0v) is 10.4. The highest BCUT2D eigenvalue weighted by Gasteiger charge is 2.02. The molecule has 0 aliphatic rings. The Bertz CT molecular complexity index is 293. The number of nitrogens with one attached hydrogen (secondary N) is 1. The van der Waals surface area contributed by atoms with Crippen LogP contribution in [0, 0.1) is 0 Å². The molecule has 1 aromatic carbocycles. The topological polar surface area (TPSA) is 21.3 Å². The van der Waals surface area contributed by atoms with Gasteiger partial charge in [-0.15, -0.1) is 11.6 Å². The van der Waals surface area contributed by atoms with Gasteiger partial charge in [0.2, 0.25) is 0 Å². The summed E-state index contributed by atoms with van der Waals surface area (Å²) >= 11 is 8.99. The summed E-state index contributed by atoms with van der Waals surface area (Å²) in [6, 6.07) is 5.95. The molecular weight excluding hydrogens is 265 g/mol. The van der Waals surface area contributed by atoms with E-state index in [0.29, 0.717) is 5.88 Å². The number of rotatable bonds is 5. The molecular formula is C10H13BrClNO. The summed E-state index contributed by atoms with van der Waals surface area (Å²) in [4.78, 5) is 0. The lowest BCUT2D eigenvalue weighted by Crippen LogP contribution is -2.16. The summed E-state index contributed by atoms with van der Waals surface area (Å²) in [7, 11) is 1.67. The highest BCUT2D eigenvalue weighted by molar-refractivity contribution is 9.10. The fourth-order valence-corrected chi connectivity index (χ4v) is 1.72. The lowest BCUT2D eigenvalue weighted by Gasteiger charge is -2.09. The normalized spacial score (nSPS) is 10.2. The minimum atomic E-state index is 0.621. The Morgan fingerprint density at radius 3 is 2.93 bits per heavy atom. The molecule has 1 N–H and O–H groups in total. The van der Waals surface area contributed by atoms with Crippen molar-refractivity contribution in [3.05, 3.63) is 28.2 Å². The maximum absolute atomic E-state index is 5.57. The third-order valence-electron chi connectivity index (χ3n) is 1.83. The number of methoxy groups -OCH3 is 1. The van der Waals surface area contributed by atoms with E-state index in [1.165, 1.54) is 0 Å². The fourth-order valence-electron chi connectivity index (χ4n) is 1.18. The number of halogens is 2. The van der Waals surface area contributed by atoms with Gasteiger partial charge in [0, 0.05) is 29.0 Å². The van der Waals surface area contributed by atoms with Crippen LogP contribution in [0.4, 0.5) is 0 Å². The second kappa shape index (κ2) is 6.27. The van der Waals surface area contributed by atoms with Crippen LogP contribution in [0.25, 0.3) is 0 Å². The summed E-state index contributed by atoms with van der Waals surface area (Å²) in [5, 5.41) is 3.22. The molecule has 0 atom stereocenters. The number of ether oxygens (including phenoxy) is 1. The van der Waals surface area contributed by atoms with Crippen molar-refractivity contribution in [2.45, 2.75) is 6.54 Å². The van der Waals surface area contributed by atoms with Crippen molar-refractivity contribution in [3.63, 3.8) is 0 Å². The number of alkyl halides is 1. The van der Waals surface area contributed by atoms with E-state index in [2.05, 4.69) is 21.2 Å². The van der Waals surface area contributed by atoms with Crippen molar-refractivity contribution in [1.29, 1.82) is 0 Å². The van der Waals surface area contributed by atoms with Crippen LogP contribution in [0.15, 0.2) is 22.7 Å². The van der Waals surface area contributed by atoms with Gasteiger partial charge >= 0.3 is 0 Å². The van der Waals surface area contributed by atoms with Crippen LogP contribution in [0.2, 0.25) is 0 Å². The quantitative estimate of drug-likeness (QED) is 0.660. The molecule has 0 fully saturated rings. The lowest BCUT2D eigenvalue weighted by molar-refractivity contribution is 0.408. The molecule has 4 heteroatoms. The molecule has 0 aliphatic heterocycles. The van der Waals surface area contributed by atoms with E-state index in [1.807, 2.05) is 18.2 Å². The molecule has 1 aromatic rings. The molecule has 14 heavy (non-hydrogen) atoms. The van der Waals surface area contributed by atoms with Crippen LogP contribution in [-0.4, -0.2) is 19.5 Å². The maximum atomic E-state index is 5.57. The first kappa shape index (κ1) is 11.8. The molecule has 2 nitrogen and oxygen atoms in total. The van der Waals surface area contributed by atoms with Crippen molar-refractivity contribution >= 4 is 27.5 Å². The first-order valence-corrected chi connectivity index (χ1v) is 5.69. The van der Waals surface area contributed by atoms with Crippen LogP contribution in [0.1, 0.15) is 5.56 Å². The largest absolute Gasteiger partial charge is 0.496 e. The Balaban J connectivity index is 2.67. The Hall–Kier alpha value is -0.250. The molecule has 0 aliphatic carbocycles. The standard InChI is InChI=1S/C10H13BrClNO/c1-14-10-3-2-9(11)6-8(10)7-13-5-4-12/h2-3,6,13H,4-5,7H2,1H3. The monoisotopic (exact) mass is 277 g/mol. The number of hydrogen-bond acceptors (Lipinski definition) is 2. The average Bonchev–Trinajstić information content (AvgIpc) is 2.19. The van der Waals surface area contributed by atoms with Gasteiger partial charge in [-0.2, -0.15) is 0 Å². The highest BCUT2D eigenvalue weighted by atomic mass is 79.9. The van der Waals surface area contributed by atoms with Crippen molar-refractivity contribution in [2.75, 3.05) is 19.5 Å². The Morgan fingerprint density at radius 2 is 2.29 bits per heavy atom. The average molecular weight is 279 g/mol. The van der Waals surface area contributed by atoms with Gasteiger partial charge in [0.15, 0.2) is 0 Å². The van der Waals surface area contributed by atoms with E-state index in [4.69, 9.17) is 16.3 Å². The van der Waals surface area contributed by atoms with E-state index >= 15 is 0 Å². The Kier molecular flexibility index (Phi) is 5.30. The first-order valence-electron chi connectivity index (χ1n) is 4.37. The molecule has 0 spiro atoms. The molecule has 0 saturated heterocycles. The van der Waals surface area contributed by atoms with E-state index in [9.17, 15) is 0 Å². The summed E-state index contributed by atoms with van der Waals surface area (Å²) in [5.41, 5.74) is 1.13. The molecule has 0 radical (unpaired) electrons. The third kappa shape index (κ3) is 3.48. The lowest BCUT2D eigenvalue weighted by atomic mass is 10.2. The molecule has 0 heterocycles.